The van der Waals surface area contributed by atoms with Gasteiger partial charge in [0.1, 0.15) is 0 Å². The van der Waals surface area contributed by atoms with Crippen LogP contribution >= 0.6 is 12.6 Å². The van der Waals surface area contributed by atoms with Gasteiger partial charge in [0.2, 0.25) is 5.91 Å². The molecule has 2 N–H and O–H groups in total. The van der Waals surface area contributed by atoms with Crippen LogP contribution < -0.4 is 5.73 Å². The molecule has 12 heavy (non-hydrogen) atoms. The van der Waals surface area contributed by atoms with Crippen LogP contribution in [-0.2, 0) is 4.79 Å². The van der Waals surface area contributed by atoms with Crippen molar-refractivity contribution in [3.05, 3.63) is 0 Å². The molecule has 1 heterocycles. The first-order valence-electron chi connectivity index (χ1n) is 4.32. The van der Waals surface area contributed by atoms with Crippen molar-refractivity contribution >= 4 is 18.5 Å². The average Bonchev–Trinajstić information content (AvgIpc) is 2.50. The summed E-state index contributed by atoms with van der Waals surface area (Å²) >= 11 is 4.10. The van der Waals surface area contributed by atoms with Gasteiger partial charge in [0, 0.05) is 13.1 Å². The minimum Gasteiger partial charge on any atom is -0.341 e. The minimum atomic E-state index is -0.179. The van der Waals surface area contributed by atoms with Crippen LogP contribution in [0.5, 0.6) is 0 Å². The van der Waals surface area contributed by atoms with E-state index in [1.807, 2.05) is 4.90 Å². The number of likely N-dealkylation sites (tertiary alicyclic amines) is 1. The van der Waals surface area contributed by atoms with Crippen molar-refractivity contribution < 1.29 is 4.79 Å². The van der Waals surface area contributed by atoms with Gasteiger partial charge in [-0.15, -0.1) is 0 Å². The van der Waals surface area contributed by atoms with Crippen molar-refractivity contribution in [2.24, 2.45) is 11.7 Å². The standard InChI is InChI=1S/C8H16N2OS/c1-6(12)8(11)10-3-2-7(4-9)5-10/h6-7,12H,2-5,9H2,1H3. The van der Waals surface area contributed by atoms with Crippen molar-refractivity contribution in [3.8, 4) is 0 Å². The number of nitrogens with two attached hydrogens (primary N) is 1. The zero-order valence-corrected chi connectivity index (χ0v) is 8.26. The van der Waals surface area contributed by atoms with E-state index in [2.05, 4.69) is 12.6 Å². The van der Waals surface area contributed by atoms with Gasteiger partial charge >= 0.3 is 0 Å². The molecule has 4 heteroatoms. The second-order valence-electron chi connectivity index (χ2n) is 3.35. The second-order valence-corrected chi connectivity index (χ2v) is 4.13. The molecule has 1 aliphatic heterocycles. The summed E-state index contributed by atoms with van der Waals surface area (Å²) in [6, 6.07) is 0. The largest absolute Gasteiger partial charge is 0.341 e. The molecule has 1 fully saturated rings. The molecule has 1 rings (SSSR count). The highest BCUT2D eigenvalue weighted by Crippen LogP contribution is 2.16. The Kier molecular flexibility index (Phi) is 3.40. The fraction of sp³-hybridized carbons (Fsp3) is 0.875. The summed E-state index contributed by atoms with van der Waals surface area (Å²) in [5.41, 5.74) is 5.52. The average molecular weight is 188 g/mol. The predicted molar refractivity (Wildman–Crippen MR) is 52.2 cm³/mol. The SMILES string of the molecule is CC(S)C(=O)N1CCC(CN)C1. The van der Waals surface area contributed by atoms with Crippen LogP contribution in [0.2, 0.25) is 0 Å². The number of rotatable bonds is 2. The zero-order valence-electron chi connectivity index (χ0n) is 7.36. The molecular formula is C8H16N2OS. The Morgan fingerprint density at radius 1 is 1.83 bits per heavy atom. The first-order chi connectivity index (χ1) is 5.65. The Balaban J connectivity index is 2.41. The van der Waals surface area contributed by atoms with Crippen LogP contribution in [0, 0.1) is 5.92 Å². The molecule has 0 spiro atoms. The molecule has 2 atom stereocenters. The number of hydrogen-bond donors (Lipinski definition) is 2. The van der Waals surface area contributed by atoms with Crippen molar-refractivity contribution in [3.63, 3.8) is 0 Å². The Labute approximate surface area is 78.7 Å². The smallest absolute Gasteiger partial charge is 0.235 e. The Morgan fingerprint density at radius 3 is 2.92 bits per heavy atom. The molecule has 0 aromatic heterocycles. The van der Waals surface area contributed by atoms with Gasteiger partial charge in [0.25, 0.3) is 0 Å². The molecule has 0 radical (unpaired) electrons. The number of nitrogens with zero attached hydrogens (tertiary/aromatic N) is 1. The first kappa shape index (κ1) is 9.86. The maximum absolute atomic E-state index is 11.4. The summed E-state index contributed by atoms with van der Waals surface area (Å²) < 4.78 is 0. The molecule has 0 aromatic rings. The molecule has 1 aliphatic rings. The minimum absolute atomic E-state index is 0.134. The monoisotopic (exact) mass is 188 g/mol. The number of carbonyl (C=O) groups excluding carboxylic acids is 1. The molecule has 0 aromatic carbocycles. The van der Waals surface area contributed by atoms with Gasteiger partial charge < -0.3 is 10.6 Å². The van der Waals surface area contributed by atoms with E-state index >= 15 is 0 Å². The van der Waals surface area contributed by atoms with E-state index in [4.69, 9.17) is 5.73 Å². The van der Waals surface area contributed by atoms with E-state index in [9.17, 15) is 4.79 Å². The fourth-order valence-electron chi connectivity index (χ4n) is 1.49. The third-order valence-corrected chi connectivity index (χ3v) is 2.51. The lowest BCUT2D eigenvalue weighted by atomic mass is 10.1. The molecule has 0 bridgehead atoms. The van der Waals surface area contributed by atoms with Gasteiger partial charge in [0.15, 0.2) is 0 Å². The normalized spacial score (nSPS) is 25.9. The van der Waals surface area contributed by atoms with Gasteiger partial charge in [-0.25, -0.2) is 0 Å². The lowest BCUT2D eigenvalue weighted by Crippen LogP contribution is -2.34. The van der Waals surface area contributed by atoms with Crippen LogP contribution in [-0.4, -0.2) is 35.7 Å². The van der Waals surface area contributed by atoms with Gasteiger partial charge in [-0.2, -0.15) is 12.6 Å². The molecule has 1 amide bonds. The predicted octanol–water partition coefficient (Wildman–Crippen LogP) is 0.112. The van der Waals surface area contributed by atoms with E-state index in [1.54, 1.807) is 6.92 Å². The summed E-state index contributed by atoms with van der Waals surface area (Å²) in [5.74, 6) is 0.635. The summed E-state index contributed by atoms with van der Waals surface area (Å²) in [5, 5.41) is -0.179. The third kappa shape index (κ3) is 2.14. The van der Waals surface area contributed by atoms with E-state index in [0.29, 0.717) is 12.5 Å². The topological polar surface area (TPSA) is 46.3 Å². The number of amides is 1. The Bertz CT molecular complexity index is 172. The second kappa shape index (κ2) is 4.14. The molecule has 1 saturated heterocycles. The lowest BCUT2D eigenvalue weighted by Gasteiger charge is -2.17. The third-order valence-electron chi connectivity index (χ3n) is 2.29. The van der Waals surface area contributed by atoms with Crippen molar-refractivity contribution in [1.29, 1.82) is 0 Å². The molecule has 0 saturated carbocycles. The molecule has 70 valence electrons. The Morgan fingerprint density at radius 2 is 2.50 bits per heavy atom. The van der Waals surface area contributed by atoms with E-state index in [0.717, 1.165) is 19.5 Å². The van der Waals surface area contributed by atoms with Gasteiger partial charge in [-0.1, -0.05) is 0 Å². The quantitative estimate of drug-likeness (QED) is 0.604. The highest BCUT2D eigenvalue weighted by atomic mass is 32.1. The van der Waals surface area contributed by atoms with Crippen molar-refractivity contribution in [2.75, 3.05) is 19.6 Å². The van der Waals surface area contributed by atoms with Crippen LogP contribution in [0.4, 0.5) is 0 Å². The van der Waals surface area contributed by atoms with Crippen molar-refractivity contribution in [1.82, 2.24) is 4.90 Å². The number of carbonyl (C=O) groups is 1. The first-order valence-corrected chi connectivity index (χ1v) is 4.83. The van der Waals surface area contributed by atoms with Crippen LogP contribution in [0.25, 0.3) is 0 Å². The van der Waals surface area contributed by atoms with E-state index in [-0.39, 0.29) is 11.2 Å². The van der Waals surface area contributed by atoms with Crippen LogP contribution in [0.1, 0.15) is 13.3 Å². The highest BCUT2D eigenvalue weighted by molar-refractivity contribution is 7.81. The van der Waals surface area contributed by atoms with E-state index in [1.165, 1.54) is 0 Å². The van der Waals surface area contributed by atoms with Gasteiger partial charge in [-0.3, -0.25) is 4.79 Å². The summed E-state index contributed by atoms with van der Waals surface area (Å²) in [7, 11) is 0. The molecule has 3 nitrogen and oxygen atoms in total. The summed E-state index contributed by atoms with van der Waals surface area (Å²) in [4.78, 5) is 13.3. The maximum atomic E-state index is 11.4. The molecule has 2 unspecified atom stereocenters. The van der Waals surface area contributed by atoms with Crippen LogP contribution in [0.3, 0.4) is 0 Å². The summed E-state index contributed by atoms with van der Waals surface area (Å²) in [6.45, 7) is 4.16. The maximum Gasteiger partial charge on any atom is 0.235 e. The highest BCUT2D eigenvalue weighted by Gasteiger charge is 2.26. The Hall–Kier alpha value is -0.220. The van der Waals surface area contributed by atoms with Crippen molar-refractivity contribution in [2.45, 2.75) is 18.6 Å². The van der Waals surface area contributed by atoms with Gasteiger partial charge in [-0.05, 0) is 25.8 Å². The van der Waals surface area contributed by atoms with Gasteiger partial charge in [0.05, 0.1) is 5.25 Å². The summed E-state index contributed by atoms with van der Waals surface area (Å²) in [6.07, 6.45) is 1.04. The zero-order chi connectivity index (χ0) is 9.14. The van der Waals surface area contributed by atoms with E-state index < -0.39 is 0 Å². The molecular weight excluding hydrogens is 172 g/mol. The van der Waals surface area contributed by atoms with Crippen LogP contribution in [0.15, 0.2) is 0 Å². The number of thiol groups is 1. The fourth-order valence-corrected chi connectivity index (χ4v) is 1.65. The number of hydrogen-bond acceptors (Lipinski definition) is 3. The molecule has 0 aliphatic carbocycles. The lowest BCUT2D eigenvalue weighted by molar-refractivity contribution is -0.129.